The number of para-hydroxylation sites is 1. The highest BCUT2D eigenvalue weighted by Gasteiger charge is 2.32. The molecule has 0 heterocycles. The van der Waals surface area contributed by atoms with E-state index in [9.17, 15) is 13.2 Å². The third-order valence-corrected chi connectivity index (χ3v) is 2.45. The summed E-state index contributed by atoms with van der Waals surface area (Å²) in [6.07, 6.45) is -4.77. The van der Waals surface area contributed by atoms with E-state index in [0.717, 1.165) is 0 Å². The van der Waals surface area contributed by atoms with Gasteiger partial charge < -0.3 is 4.74 Å². The standard InChI is InChI=1S/C14H8F3NO/c15-14(16,17)19-13-8-4-3-7-12(13)11-6-2-1-5-10(11)9-18/h1-8H. The third-order valence-electron chi connectivity index (χ3n) is 2.45. The smallest absolute Gasteiger partial charge is 0.405 e. The molecule has 96 valence electrons. The van der Waals surface area contributed by atoms with E-state index in [-0.39, 0.29) is 11.3 Å². The molecule has 0 bridgehead atoms. The number of nitrogens with zero attached hydrogens (tertiary/aromatic N) is 1. The number of rotatable bonds is 2. The number of benzene rings is 2. The van der Waals surface area contributed by atoms with Crippen molar-refractivity contribution in [2.24, 2.45) is 0 Å². The van der Waals surface area contributed by atoms with Crippen molar-refractivity contribution in [1.29, 1.82) is 5.26 Å². The van der Waals surface area contributed by atoms with E-state index in [4.69, 9.17) is 5.26 Å². The predicted octanol–water partition coefficient (Wildman–Crippen LogP) is 4.12. The zero-order valence-corrected chi connectivity index (χ0v) is 9.61. The second kappa shape index (κ2) is 5.02. The van der Waals surface area contributed by atoms with Gasteiger partial charge in [0.05, 0.1) is 11.6 Å². The second-order valence-electron chi connectivity index (χ2n) is 3.70. The fourth-order valence-corrected chi connectivity index (χ4v) is 1.72. The molecular weight excluding hydrogens is 255 g/mol. The molecule has 0 amide bonds. The summed E-state index contributed by atoms with van der Waals surface area (Å²) >= 11 is 0. The van der Waals surface area contributed by atoms with Crippen molar-refractivity contribution in [2.75, 3.05) is 0 Å². The molecule has 0 aliphatic heterocycles. The Morgan fingerprint density at radius 2 is 1.47 bits per heavy atom. The Morgan fingerprint density at radius 3 is 2.11 bits per heavy atom. The molecule has 0 fully saturated rings. The lowest BCUT2D eigenvalue weighted by Gasteiger charge is -2.13. The number of halogens is 3. The van der Waals surface area contributed by atoms with Crippen LogP contribution in [0.5, 0.6) is 5.75 Å². The van der Waals surface area contributed by atoms with Crippen LogP contribution in [0.15, 0.2) is 48.5 Å². The largest absolute Gasteiger partial charge is 0.573 e. The lowest BCUT2D eigenvalue weighted by Crippen LogP contribution is -2.17. The molecule has 2 rings (SSSR count). The Morgan fingerprint density at radius 1 is 0.895 bits per heavy atom. The van der Waals surface area contributed by atoms with Crippen molar-refractivity contribution in [3.8, 4) is 22.9 Å². The monoisotopic (exact) mass is 263 g/mol. The van der Waals surface area contributed by atoms with Gasteiger partial charge >= 0.3 is 6.36 Å². The molecule has 0 aliphatic carbocycles. The predicted molar refractivity (Wildman–Crippen MR) is 63.3 cm³/mol. The molecular formula is C14H8F3NO. The van der Waals surface area contributed by atoms with Crippen LogP contribution in [0.4, 0.5) is 13.2 Å². The van der Waals surface area contributed by atoms with Crippen LogP contribution in [-0.4, -0.2) is 6.36 Å². The number of hydrogen-bond acceptors (Lipinski definition) is 2. The minimum atomic E-state index is -4.77. The van der Waals surface area contributed by atoms with Crippen LogP contribution in [0.1, 0.15) is 5.56 Å². The van der Waals surface area contributed by atoms with Gasteiger partial charge in [0, 0.05) is 11.1 Å². The Kier molecular flexibility index (Phi) is 3.43. The van der Waals surface area contributed by atoms with Gasteiger partial charge in [0.15, 0.2) is 0 Å². The highest BCUT2D eigenvalue weighted by molar-refractivity contribution is 5.75. The molecule has 0 atom stereocenters. The van der Waals surface area contributed by atoms with Crippen molar-refractivity contribution < 1.29 is 17.9 Å². The highest BCUT2D eigenvalue weighted by atomic mass is 19.4. The number of hydrogen-bond donors (Lipinski definition) is 0. The molecule has 2 aromatic rings. The van der Waals surface area contributed by atoms with Gasteiger partial charge in [-0.2, -0.15) is 5.26 Å². The summed E-state index contributed by atoms with van der Waals surface area (Å²) in [4.78, 5) is 0. The van der Waals surface area contributed by atoms with Crippen molar-refractivity contribution in [2.45, 2.75) is 6.36 Å². The molecule has 0 radical (unpaired) electrons. The van der Waals surface area contributed by atoms with Gasteiger partial charge in [-0.05, 0) is 12.1 Å². The summed E-state index contributed by atoms with van der Waals surface area (Å²) < 4.78 is 41.0. The molecule has 19 heavy (non-hydrogen) atoms. The van der Waals surface area contributed by atoms with E-state index in [2.05, 4.69) is 4.74 Å². The molecule has 2 nitrogen and oxygen atoms in total. The van der Waals surface area contributed by atoms with Gasteiger partial charge in [-0.3, -0.25) is 0 Å². The Balaban J connectivity index is 2.54. The van der Waals surface area contributed by atoms with Gasteiger partial charge in [0.1, 0.15) is 5.75 Å². The van der Waals surface area contributed by atoms with Crippen molar-refractivity contribution in [1.82, 2.24) is 0 Å². The zero-order valence-electron chi connectivity index (χ0n) is 9.61. The summed E-state index contributed by atoms with van der Waals surface area (Å²) in [6, 6.07) is 14.1. The summed E-state index contributed by atoms with van der Waals surface area (Å²) in [5.41, 5.74) is 0.933. The molecule has 0 saturated carbocycles. The van der Waals surface area contributed by atoms with Gasteiger partial charge in [0.25, 0.3) is 0 Å². The van der Waals surface area contributed by atoms with Gasteiger partial charge in [-0.1, -0.05) is 36.4 Å². The lowest BCUT2D eigenvalue weighted by atomic mass is 10.00. The van der Waals surface area contributed by atoms with Crippen LogP contribution in [0.3, 0.4) is 0 Å². The summed E-state index contributed by atoms with van der Waals surface area (Å²) in [5, 5.41) is 8.99. The summed E-state index contributed by atoms with van der Waals surface area (Å²) in [6.45, 7) is 0. The molecule has 0 spiro atoms. The number of alkyl halides is 3. The maximum Gasteiger partial charge on any atom is 0.573 e. The van der Waals surface area contributed by atoms with Gasteiger partial charge in [-0.15, -0.1) is 13.2 Å². The van der Waals surface area contributed by atoms with E-state index in [1.165, 1.54) is 18.2 Å². The van der Waals surface area contributed by atoms with E-state index in [0.29, 0.717) is 11.1 Å². The summed E-state index contributed by atoms with van der Waals surface area (Å²) in [7, 11) is 0. The first kappa shape index (κ1) is 13.0. The average molecular weight is 263 g/mol. The van der Waals surface area contributed by atoms with Crippen LogP contribution >= 0.6 is 0 Å². The maximum atomic E-state index is 12.3. The van der Waals surface area contributed by atoms with E-state index in [1.807, 2.05) is 6.07 Å². The fourth-order valence-electron chi connectivity index (χ4n) is 1.72. The second-order valence-corrected chi connectivity index (χ2v) is 3.70. The Hall–Kier alpha value is -2.48. The quantitative estimate of drug-likeness (QED) is 0.816. The van der Waals surface area contributed by atoms with Crippen molar-refractivity contribution >= 4 is 0 Å². The average Bonchev–Trinajstić information content (AvgIpc) is 2.37. The molecule has 2 aromatic carbocycles. The first-order valence-corrected chi connectivity index (χ1v) is 5.35. The highest BCUT2D eigenvalue weighted by Crippen LogP contribution is 2.35. The number of ether oxygens (including phenoxy) is 1. The Labute approximate surface area is 107 Å². The van der Waals surface area contributed by atoms with E-state index < -0.39 is 6.36 Å². The van der Waals surface area contributed by atoms with Crippen LogP contribution in [0.25, 0.3) is 11.1 Å². The molecule has 0 N–H and O–H groups in total. The first-order valence-electron chi connectivity index (χ1n) is 5.35. The zero-order chi connectivity index (χ0) is 13.9. The topological polar surface area (TPSA) is 33.0 Å². The number of nitriles is 1. The molecule has 0 unspecified atom stereocenters. The Bertz CT molecular complexity index is 629. The summed E-state index contributed by atoms with van der Waals surface area (Å²) in [5.74, 6) is -0.322. The lowest BCUT2D eigenvalue weighted by molar-refractivity contribution is -0.274. The molecule has 5 heteroatoms. The van der Waals surface area contributed by atoms with Gasteiger partial charge in [-0.25, -0.2) is 0 Å². The molecule has 0 aromatic heterocycles. The van der Waals surface area contributed by atoms with Crippen LogP contribution in [0, 0.1) is 11.3 Å². The fraction of sp³-hybridized carbons (Fsp3) is 0.0714. The minimum absolute atomic E-state index is 0.233. The molecule has 0 saturated heterocycles. The van der Waals surface area contributed by atoms with Gasteiger partial charge in [0.2, 0.25) is 0 Å². The normalized spacial score (nSPS) is 10.8. The van der Waals surface area contributed by atoms with Crippen molar-refractivity contribution in [3.63, 3.8) is 0 Å². The maximum absolute atomic E-state index is 12.3. The van der Waals surface area contributed by atoms with Crippen LogP contribution < -0.4 is 4.74 Å². The van der Waals surface area contributed by atoms with Crippen LogP contribution in [0.2, 0.25) is 0 Å². The SMILES string of the molecule is N#Cc1ccccc1-c1ccccc1OC(F)(F)F. The molecule has 0 aliphatic rings. The van der Waals surface area contributed by atoms with E-state index in [1.54, 1.807) is 30.3 Å². The third kappa shape index (κ3) is 3.05. The first-order chi connectivity index (χ1) is 9.01. The minimum Gasteiger partial charge on any atom is -0.405 e. The van der Waals surface area contributed by atoms with Crippen molar-refractivity contribution in [3.05, 3.63) is 54.1 Å². The van der Waals surface area contributed by atoms with Crippen LogP contribution in [-0.2, 0) is 0 Å². The van der Waals surface area contributed by atoms with E-state index >= 15 is 0 Å².